The summed E-state index contributed by atoms with van der Waals surface area (Å²) in [5, 5.41) is 2.85. The van der Waals surface area contributed by atoms with E-state index in [1.54, 1.807) is 42.5 Å². The van der Waals surface area contributed by atoms with Gasteiger partial charge in [-0.15, -0.1) is 0 Å². The highest BCUT2D eigenvalue weighted by Crippen LogP contribution is 2.34. The second-order valence-electron chi connectivity index (χ2n) is 7.90. The van der Waals surface area contributed by atoms with Crippen LogP contribution in [0.1, 0.15) is 22.5 Å². The number of fused-ring (bicyclic) bond motifs is 2. The number of nitrogens with zero attached hydrogens (tertiary/aromatic N) is 3. The second kappa shape index (κ2) is 8.75. The van der Waals surface area contributed by atoms with E-state index in [1.807, 2.05) is 24.3 Å². The summed E-state index contributed by atoms with van der Waals surface area (Å²) < 4.78 is 33.2. The van der Waals surface area contributed by atoms with Crippen molar-refractivity contribution < 1.29 is 17.9 Å². The van der Waals surface area contributed by atoms with Crippen molar-refractivity contribution in [2.24, 2.45) is 0 Å². The summed E-state index contributed by atoms with van der Waals surface area (Å²) in [5.74, 6) is 0.214. The Balaban J connectivity index is 1.40. The molecule has 34 heavy (non-hydrogen) atoms. The molecule has 1 N–H and O–H groups in total. The van der Waals surface area contributed by atoms with Gasteiger partial charge in [0.25, 0.3) is 15.9 Å². The third-order valence-electron chi connectivity index (χ3n) is 5.74. The molecule has 0 fully saturated rings. The molecule has 1 aliphatic heterocycles. The summed E-state index contributed by atoms with van der Waals surface area (Å²) >= 11 is 0. The number of carbonyl (C=O) groups excluding carboxylic acids is 1. The summed E-state index contributed by atoms with van der Waals surface area (Å²) in [5.41, 5.74) is 3.60. The van der Waals surface area contributed by atoms with Gasteiger partial charge < -0.3 is 10.1 Å². The molecular weight excluding hydrogens is 452 g/mol. The van der Waals surface area contributed by atoms with Gasteiger partial charge >= 0.3 is 0 Å². The van der Waals surface area contributed by atoms with Crippen LogP contribution in [-0.2, 0) is 16.4 Å². The van der Waals surface area contributed by atoms with Crippen LogP contribution in [0.3, 0.4) is 0 Å². The summed E-state index contributed by atoms with van der Waals surface area (Å²) in [6.45, 7) is 0.389. The molecule has 1 amide bonds. The average Bonchev–Trinajstić information content (AvgIpc) is 2.87. The average molecular weight is 475 g/mol. The van der Waals surface area contributed by atoms with Gasteiger partial charge in [0, 0.05) is 12.2 Å². The van der Waals surface area contributed by atoms with Gasteiger partial charge in [-0.1, -0.05) is 12.1 Å². The quantitative estimate of drug-likeness (QED) is 0.469. The topological polar surface area (TPSA) is 101 Å². The molecule has 0 spiro atoms. The highest BCUT2D eigenvalue weighted by molar-refractivity contribution is 7.92. The summed E-state index contributed by atoms with van der Waals surface area (Å²) in [6.07, 6.45) is 2.83. The third kappa shape index (κ3) is 4.06. The Bertz CT molecular complexity index is 1490. The van der Waals surface area contributed by atoms with Crippen LogP contribution in [0.5, 0.6) is 5.75 Å². The minimum Gasteiger partial charge on any atom is -0.497 e. The van der Waals surface area contributed by atoms with Crippen molar-refractivity contribution in [3.8, 4) is 5.75 Å². The van der Waals surface area contributed by atoms with Gasteiger partial charge in [0.1, 0.15) is 11.4 Å². The van der Waals surface area contributed by atoms with E-state index in [4.69, 9.17) is 4.74 Å². The number of anilines is 2. The van der Waals surface area contributed by atoms with Crippen molar-refractivity contribution in [3.63, 3.8) is 0 Å². The molecule has 0 radical (unpaired) electrons. The standard InChI is InChI=1S/C25H22N4O4S/c1-33-19-9-11-20(12-10-19)34(31,32)29-14-4-5-17-15-18(8-13-24(17)29)27-25(30)23-16-26-21-6-2-3-7-22(21)28-23/h2-3,6-13,15-16H,4-5,14H2,1H3,(H,27,30). The Kier molecular flexibility index (Phi) is 5.62. The van der Waals surface area contributed by atoms with E-state index in [9.17, 15) is 13.2 Å². The lowest BCUT2D eigenvalue weighted by atomic mass is 10.0. The zero-order valence-electron chi connectivity index (χ0n) is 18.4. The van der Waals surface area contributed by atoms with Gasteiger partial charge in [-0.2, -0.15) is 0 Å². The van der Waals surface area contributed by atoms with Crippen LogP contribution in [0, 0.1) is 0 Å². The molecule has 1 aliphatic rings. The zero-order chi connectivity index (χ0) is 23.7. The minimum atomic E-state index is -3.73. The molecule has 0 bridgehead atoms. The van der Waals surface area contributed by atoms with Gasteiger partial charge in [0.15, 0.2) is 0 Å². The number of benzene rings is 3. The normalized spacial score (nSPS) is 13.4. The van der Waals surface area contributed by atoms with E-state index in [2.05, 4.69) is 15.3 Å². The molecule has 0 aliphatic carbocycles. The largest absolute Gasteiger partial charge is 0.497 e. The molecule has 1 aromatic heterocycles. The van der Waals surface area contributed by atoms with Gasteiger partial charge in [-0.05, 0) is 73.0 Å². The van der Waals surface area contributed by atoms with Crippen LogP contribution in [-0.4, -0.2) is 37.9 Å². The van der Waals surface area contributed by atoms with Crippen molar-refractivity contribution in [2.75, 3.05) is 23.3 Å². The lowest BCUT2D eigenvalue weighted by Crippen LogP contribution is -2.35. The molecule has 0 saturated carbocycles. The number of para-hydroxylation sites is 2. The number of rotatable bonds is 5. The fraction of sp³-hybridized carbons (Fsp3) is 0.160. The highest BCUT2D eigenvalue weighted by atomic mass is 32.2. The maximum Gasteiger partial charge on any atom is 0.275 e. The molecule has 172 valence electrons. The lowest BCUT2D eigenvalue weighted by molar-refractivity contribution is 0.102. The van der Waals surface area contributed by atoms with Crippen LogP contribution in [0.25, 0.3) is 11.0 Å². The van der Waals surface area contributed by atoms with E-state index in [0.29, 0.717) is 47.5 Å². The Morgan fingerprint density at radius 3 is 2.56 bits per heavy atom. The molecular formula is C25H22N4O4S. The first-order valence-corrected chi connectivity index (χ1v) is 12.2. The first kappa shape index (κ1) is 21.8. The van der Waals surface area contributed by atoms with Gasteiger partial charge in [0.2, 0.25) is 0 Å². The van der Waals surface area contributed by atoms with Gasteiger partial charge in [-0.25, -0.2) is 13.4 Å². The predicted molar refractivity (Wildman–Crippen MR) is 130 cm³/mol. The molecule has 9 heteroatoms. The fourth-order valence-electron chi connectivity index (χ4n) is 4.03. The minimum absolute atomic E-state index is 0.202. The Morgan fingerprint density at radius 2 is 1.79 bits per heavy atom. The Hall–Kier alpha value is -3.98. The number of carbonyl (C=O) groups is 1. The number of sulfonamides is 1. The maximum absolute atomic E-state index is 13.3. The molecule has 8 nitrogen and oxygen atoms in total. The van der Waals surface area contributed by atoms with E-state index < -0.39 is 10.0 Å². The van der Waals surface area contributed by atoms with Crippen molar-refractivity contribution in [3.05, 3.63) is 84.2 Å². The van der Waals surface area contributed by atoms with Crippen molar-refractivity contribution in [1.29, 1.82) is 0 Å². The van der Waals surface area contributed by atoms with Crippen LogP contribution >= 0.6 is 0 Å². The summed E-state index contributed by atoms with van der Waals surface area (Å²) in [7, 11) is -2.19. The molecule has 2 heterocycles. The number of hydrogen-bond donors (Lipinski definition) is 1. The van der Waals surface area contributed by atoms with Crippen molar-refractivity contribution in [1.82, 2.24) is 9.97 Å². The molecule has 0 atom stereocenters. The molecule has 0 unspecified atom stereocenters. The summed E-state index contributed by atoms with van der Waals surface area (Å²) in [4.78, 5) is 21.6. The smallest absolute Gasteiger partial charge is 0.275 e. The number of aromatic nitrogens is 2. The predicted octanol–water partition coefficient (Wildman–Crippen LogP) is 4.03. The Labute approximate surface area is 197 Å². The van der Waals surface area contributed by atoms with Crippen LogP contribution in [0.4, 0.5) is 11.4 Å². The summed E-state index contributed by atoms with van der Waals surface area (Å²) in [6, 6.07) is 18.9. The maximum atomic E-state index is 13.3. The van der Waals surface area contributed by atoms with Gasteiger partial charge in [0.05, 0.1) is 34.9 Å². The highest BCUT2D eigenvalue weighted by Gasteiger charge is 2.29. The van der Waals surface area contributed by atoms with Crippen LogP contribution < -0.4 is 14.4 Å². The molecule has 3 aromatic carbocycles. The van der Waals surface area contributed by atoms with Gasteiger partial charge in [-0.3, -0.25) is 14.1 Å². The van der Waals surface area contributed by atoms with Crippen molar-refractivity contribution >= 4 is 38.3 Å². The molecule has 4 aromatic rings. The van der Waals surface area contributed by atoms with E-state index in [0.717, 1.165) is 5.56 Å². The Morgan fingerprint density at radius 1 is 1.03 bits per heavy atom. The van der Waals surface area contributed by atoms with E-state index in [1.165, 1.54) is 17.6 Å². The SMILES string of the molecule is COc1ccc(S(=O)(=O)N2CCCc3cc(NC(=O)c4cnc5ccccc5n4)ccc32)cc1. The monoisotopic (exact) mass is 474 g/mol. The lowest BCUT2D eigenvalue weighted by Gasteiger charge is -2.31. The second-order valence-corrected chi connectivity index (χ2v) is 9.76. The number of methoxy groups -OCH3 is 1. The molecule has 0 saturated heterocycles. The first-order chi connectivity index (χ1) is 16.5. The van der Waals surface area contributed by atoms with Crippen molar-refractivity contribution in [2.45, 2.75) is 17.7 Å². The first-order valence-electron chi connectivity index (χ1n) is 10.8. The fourth-order valence-corrected chi connectivity index (χ4v) is 5.57. The number of amides is 1. The van der Waals surface area contributed by atoms with Crippen LogP contribution in [0.15, 0.2) is 77.8 Å². The van der Waals surface area contributed by atoms with E-state index >= 15 is 0 Å². The number of nitrogens with one attached hydrogen (secondary N) is 1. The van der Waals surface area contributed by atoms with Crippen LogP contribution in [0.2, 0.25) is 0 Å². The molecule has 5 rings (SSSR count). The number of aryl methyl sites for hydroxylation is 1. The third-order valence-corrected chi connectivity index (χ3v) is 7.57. The zero-order valence-corrected chi connectivity index (χ0v) is 19.2. The van der Waals surface area contributed by atoms with E-state index in [-0.39, 0.29) is 16.5 Å². The number of ether oxygens (including phenoxy) is 1. The number of hydrogen-bond acceptors (Lipinski definition) is 6.